The fourth-order valence-corrected chi connectivity index (χ4v) is 3.16. The van der Waals surface area contributed by atoms with Gasteiger partial charge in [0.25, 0.3) is 0 Å². The van der Waals surface area contributed by atoms with Crippen molar-refractivity contribution in [2.24, 2.45) is 0 Å². The zero-order chi connectivity index (χ0) is 11.4. The fraction of sp³-hybridized carbons (Fsp3) is 0.125. The van der Waals surface area contributed by atoms with Crippen LogP contribution in [0.25, 0.3) is 11.1 Å². The highest BCUT2D eigenvalue weighted by Gasteiger charge is 2.30. The first-order chi connectivity index (χ1) is 8.34. The lowest BCUT2D eigenvalue weighted by molar-refractivity contribution is 0.988. The molecule has 2 aromatic rings. The quantitative estimate of drug-likeness (QED) is 0.532. The molecule has 0 bridgehead atoms. The molecule has 2 aromatic carbocycles. The molecule has 1 unspecified atom stereocenters. The number of fused-ring (bicyclic) bond motifs is 3. The molecule has 2 aliphatic carbocycles. The second-order valence-electron chi connectivity index (χ2n) is 4.84. The average molecular weight is 219 g/mol. The smallest absolute Gasteiger partial charge is 0.0320 e. The molecule has 4 rings (SSSR count). The minimum Gasteiger partial charge on any atom is -0.399 e. The third kappa shape index (κ3) is 1.09. The number of allylic oxidation sites excluding steroid dienone is 2. The first kappa shape index (κ1) is 9.06. The highest BCUT2D eigenvalue weighted by atomic mass is 14.5. The molecular weight excluding hydrogens is 206 g/mol. The average Bonchev–Trinajstić information content (AvgIpc) is 2.67. The van der Waals surface area contributed by atoms with E-state index in [1.165, 1.54) is 27.8 Å². The molecule has 1 nitrogen and oxygen atoms in total. The van der Waals surface area contributed by atoms with Gasteiger partial charge in [0, 0.05) is 11.6 Å². The van der Waals surface area contributed by atoms with Gasteiger partial charge < -0.3 is 5.73 Å². The van der Waals surface area contributed by atoms with Crippen molar-refractivity contribution in [3.8, 4) is 11.1 Å². The molecule has 0 saturated carbocycles. The first-order valence-electron chi connectivity index (χ1n) is 6.03. The van der Waals surface area contributed by atoms with Crippen molar-refractivity contribution in [3.05, 3.63) is 65.2 Å². The Kier molecular flexibility index (Phi) is 1.60. The van der Waals surface area contributed by atoms with Crippen LogP contribution in [0.3, 0.4) is 0 Å². The highest BCUT2D eigenvalue weighted by molar-refractivity contribution is 5.83. The molecule has 82 valence electrons. The van der Waals surface area contributed by atoms with E-state index >= 15 is 0 Å². The van der Waals surface area contributed by atoms with E-state index in [1.54, 1.807) is 0 Å². The van der Waals surface area contributed by atoms with E-state index in [9.17, 15) is 0 Å². The van der Waals surface area contributed by atoms with Gasteiger partial charge in [0.2, 0.25) is 0 Å². The van der Waals surface area contributed by atoms with Crippen LogP contribution in [0.1, 0.15) is 22.6 Å². The fourth-order valence-electron chi connectivity index (χ4n) is 3.16. The highest BCUT2D eigenvalue weighted by Crippen LogP contribution is 2.49. The van der Waals surface area contributed by atoms with Gasteiger partial charge in [-0.05, 0) is 46.4 Å². The summed E-state index contributed by atoms with van der Waals surface area (Å²) in [4.78, 5) is 0. The van der Waals surface area contributed by atoms with E-state index in [2.05, 4.69) is 42.5 Å². The molecule has 0 amide bonds. The number of rotatable bonds is 0. The van der Waals surface area contributed by atoms with Crippen molar-refractivity contribution in [1.29, 1.82) is 0 Å². The maximum absolute atomic E-state index is 5.91. The summed E-state index contributed by atoms with van der Waals surface area (Å²) >= 11 is 0. The zero-order valence-corrected chi connectivity index (χ0v) is 9.48. The Balaban J connectivity index is 2.11. The molecule has 2 N–H and O–H groups in total. The summed E-state index contributed by atoms with van der Waals surface area (Å²) < 4.78 is 0. The molecule has 1 atom stereocenters. The lowest BCUT2D eigenvalue weighted by Crippen LogP contribution is -2.02. The Hall–Kier alpha value is -2.02. The predicted molar refractivity (Wildman–Crippen MR) is 71.0 cm³/mol. The molecule has 0 spiro atoms. The van der Waals surface area contributed by atoms with Crippen LogP contribution in [0.2, 0.25) is 0 Å². The van der Waals surface area contributed by atoms with E-state index in [4.69, 9.17) is 5.73 Å². The summed E-state index contributed by atoms with van der Waals surface area (Å²) in [7, 11) is 0. The van der Waals surface area contributed by atoms with Crippen LogP contribution in [-0.4, -0.2) is 0 Å². The molecule has 2 aliphatic rings. The first-order valence-corrected chi connectivity index (χ1v) is 6.03. The maximum Gasteiger partial charge on any atom is 0.0320 e. The zero-order valence-electron chi connectivity index (χ0n) is 9.48. The van der Waals surface area contributed by atoms with Crippen LogP contribution in [0.4, 0.5) is 5.69 Å². The molecule has 1 heteroatoms. The number of benzene rings is 2. The van der Waals surface area contributed by atoms with Gasteiger partial charge in [-0.2, -0.15) is 0 Å². The van der Waals surface area contributed by atoms with Crippen LogP contribution in [-0.2, 0) is 6.42 Å². The van der Waals surface area contributed by atoms with Crippen molar-refractivity contribution in [2.45, 2.75) is 12.3 Å². The number of hydrogen-bond donors (Lipinski definition) is 1. The summed E-state index contributed by atoms with van der Waals surface area (Å²) in [5, 5.41) is 0. The number of hydrogen-bond acceptors (Lipinski definition) is 1. The Morgan fingerprint density at radius 2 is 2.00 bits per heavy atom. The normalized spacial score (nSPS) is 18.9. The van der Waals surface area contributed by atoms with Gasteiger partial charge in [0.1, 0.15) is 0 Å². The van der Waals surface area contributed by atoms with Crippen molar-refractivity contribution in [1.82, 2.24) is 0 Å². The summed E-state index contributed by atoms with van der Waals surface area (Å²) in [5.74, 6) is 0.450. The summed E-state index contributed by atoms with van der Waals surface area (Å²) in [6.07, 6.45) is 5.67. The number of nitrogen functional groups attached to an aromatic ring is 1. The third-order valence-electron chi connectivity index (χ3n) is 3.88. The van der Waals surface area contributed by atoms with Crippen molar-refractivity contribution in [2.75, 3.05) is 5.73 Å². The monoisotopic (exact) mass is 219 g/mol. The van der Waals surface area contributed by atoms with Crippen molar-refractivity contribution < 1.29 is 0 Å². The summed E-state index contributed by atoms with van der Waals surface area (Å²) in [6, 6.07) is 12.9. The molecule has 0 radical (unpaired) electrons. The summed E-state index contributed by atoms with van der Waals surface area (Å²) in [6.45, 7) is 0. The van der Waals surface area contributed by atoms with E-state index < -0.39 is 0 Å². The Bertz CT molecular complexity index is 653. The lowest BCUT2D eigenvalue weighted by atomic mass is 9.87. The predicted octanol–water partition coefficient (Wildman–Crippen LogP) is 3.49. The van der Waals surface area contributed by atoms with Gasteiger partial charge in [0.05, 0.1) is 0 Å². The second kappa shape index (κ2) is 3.01. The Morgan fingerprint density at radius 3 is 2.94 bits per heavy atom. The minimum absolute atomic E-state index is 0.450. The molecular formula is C16H13N. The van der Waals surface area contributed by atoms with E-state index in [-0.39, 0.29) is 0 Å². The maximum atomic E-state index is 5.91. The number of nitrogens with two attached hydrogens (primary N) is 1. The standard InChI is InChI=1S/C16H13N/c17-11-7-8-12-13-5-1-3-10-4-2-6-14(16(10)13)15(12)9-11/h1-2,4-9,13H,3,17H2. The van der Waals surface area contributed by atoms with E-state index in [0.29, 0.717) is 5.92 Å². The Labute approximate surface area is 101 Å². The van der Waals surface area contributed by atoms with Gasteiger partial charge in [-0.25, -0.2) is 0 Å². The van der Waals surface area contributed by atoms with Crippen LogP contribution in [0, 0.1) is 0 Å². The van der Waals surface area contributed by atoms with Crippen LogP contribution >= 0.6 is 0 Å². The van der Waals surface area contributed by atoms with Crippen LogP contribution in [0.15, 0.2) is 48.6 Å². The molecule has 0 aliphatic heterocycles. The molecule has 0 saturated heterocycles. The second-order valence-corrected chi connectivity index (χ2v) is 4.84. The van der Waals surface area contributed by atoms with Gasteiger partial charge in [-0.1, -0.05) is 36.4 Å². The largest absolute Gasteiger partial charge is 0.399 e. The lowest BCUT2D eigenvalue weighted by Gasteiger charge is -2.17. The topological polar surface area (TPSA) is 26.0 Å². The third-order valence-corrected chi connectivity index (χ3v) is 3.88. The number of anilines is 1. The molecule has 0 fully saturated rings. The Morgan fingerprint density at radius 1 is 1.06 bits per heavy atom. The SMILES string of the molecule is Nc1ccc2c(c1)-c1cccc3c1C2C=CC3. The van der Waals surface area contributed by atoms with Crippen molar-refractivity contribution in [3.63, 3.8) is 0 Å². The van der Waals surface area contributed by atoms with E-state index in [1.807, 2.05) is 6.07 Å². The molecule has 17 heavy (non-hydrogen) atoms. The van der Waals surface area contributed by atoms with Gasteiger partial charge in [-0.15, -0.1) is 0 Å². The summed E-state index contributed by atoms with van der Waals surface area (Å²) in [5.41, 5.74) is 13.8. The van der Waals surface area contributed by atoms with Crippen LogP contribution < -0.4 is 5.73 Å². The van der Waals surface area contributed by atoms with Crippen molar-refractivity contribution >= 4 is 5.69 Å². The minimum atomic E-state index is 0.450. The van der Waals surface area contributed by atoms with Gasteiger partial charge in [-0.3, -0.25) is 0 Å². The molecule has 0 heterocycles. The van der Waals surface area contributed by atoms with Gasteiger partial charge in [0.15, 0.2) is 0 Å². The van der Waals surface area contributed by atoms with E-state index in [0.717, 1.165) is 12.1 Å². The van der Waals surface area contributed by atoms with Crippen LogP contribution in [0.5, 0.6) is 0 Å². The van der Waals surface area contributed by atoms with Gasteiger partial charge >= 0.3 is 0 Å². The molecule has 0 aromatic heterocycles.